The number of hydrogen-bond donors (Lipinski definition) is 0. The first kappa shape index (κ1) is 9.45. The van der Waals surface area contributed by atoms with Crippen molar-refractivity contribution in [3.05, 3.63) is 0 Å². The average Bonchev–Trinajstić information content (AvgIpc) is 1.80. The molecule has 0 aliphatic rings. The summed E-state index contributed by atoms with van der Waals surface area (Å²) in [6, 6.07) is 0. The van der Waals surface area contributed by atoms with Crippen molar-refractivity contribution < 1.29 is 0 Å². The Morgan fingerprint density at radius 1 is 1.11 bits per heavy atom. The number of rotatable bonds is 5. The van der Waals surface area contributed by atoms with Crippen LogP contribution in [0.4, 0.5) is 0 Å². The van der Waals surface area contributed by atoms with Crippen LogP contribution in [0.25, 0.3) is 0 Å². The third-order valence-corrected chi connectivity index (χ3v) is 1.64. The molecule has 0 aliphatic heterocycles. The molecule has 0 saturated carbocycles. The molecule has 7 heteroatoms. The molecular formula is C2H13B7. The highest BCUT2D eigenvalue weighted by atomic mass is 13.1. The molecule has 0 aliphatic carbocycles. The molecule has 0 unspecified atom stereocenters. The lowest BCUT2D eigenvalue weighted by Gasteiger charge is -1.92. The van der Waals surface area contributed by atoms with E-state index in [9.17, 15) is 0 Å². The summed E-state index contributed by atoms with van der Waals surface area (Å²) in [5.41, 5.74) is 0. The Morgan fingerprint density at radius 3 is 2.22 bits per heavy atom. The molecule has 0 spiro atoms. The van der Waals surface area contributed by atoms with E-state index in [-0.39, 0.29) is 0 Å². The zero-order valence-corrected chi connectivity index (χ0v) is 7.11. The maximum absolute atomic E-state index is 2.30. The summed E-state index contributed by atoms with van der Waals surface area (Å²) in [4.78, 5) is 0. The van der Waals surface area contributed by atoms with Crippen molar-refractivity contribution in [2.75, 3.05) is 0 Å². The second-order valence-electron chi connectivity index (χ2n) is 3.24. The Hall–Kier alpha value is 0.455. The van der Waals surface area contributed by atoms with Crippen LogP contribution in [-0.2, 0) is 0 Å². The molecular weight excluding hydrogens is 99.7 g/mol. The Bertz CT molecular complexity index is 52.9. The first-order chi connectivity index (χ1) is 4.27. The van der Waals surface area contributed by atoms with Crippen molar-refractivity contribution in [1.82, 2.24) is 0 Å². The summed E-state index contributed by atoms with van der Waals surface area (Å²) in [6.45, 7) is 5.50. The van der Waals surface area contributed by atoms with Gasteiger partial charge in [0.1, 0.15) is 0 Å². The van der Waals surface area contributed by atoms with E-state index in [4.69, 9.17) is 0 Å². The van der Waals surface area contributed by atoms with Gasteiger partial charge in [0.2, 0.25) is 0 Å². The Kier molecular flexibility index (Phi) is 6.90. The molecule has 0 aromatic heterocycles. The van der Waals surface area contributed by atoms with E-state index in [2.05, 4.69) is 21.4 Å². The fourth-order valence-corrected chi connectivity index (χ4v) is 0.979. The smallest absolute Gasteiger partial charge is 0.0888 e. The highest BCUT2D eigenvalue weighted by Gasteiger charge is 2.00. The molecule has 0 aromatic rings. The first-order valence-electron chi connectivity index (χ1n) is 4.27. The maximum Gasteiger partial charge on any atom is 0.0888 e. The zero-order chi connectivity index (χ0) is 7.11. The summed E-state index contributed by atoms with van der Waals surface area (Å²) in [7, 11) is 9.33. The van der Waals surface area contributed by atoms with E-state index in [1.165, 1.54) is 35.3 Å². The van der Waals surface area contributed by atoms with Gasteiger partial charge in [-0.2, -0.15) is 0 Å². The highest BCUT2D eigenvalue weighted by molar-refractivity contribution is 7.63. The van der Waals surface area contributed by atoms with Gasteiger partial charge < -0.3 is 0 Å². The minimum absolute atomic E-state index is 0.904. The molecule has 0 fully saturated rings. The number of hydrogen-bond acceptors (Lipinski definition) is 0. The van der Waals surface area contributed by atoms with Crippen LogP contribution in [0, 0.1) is 0 Å². The van der Waals surface area contributed by atoms with Crippen molar-refractivity contribution in [1.29, 1.82) is 0 Å². The molecule has 0 nitrogen and oxygen atoms in total. The maximum atomic E-state index is 2.30. The second kappa shape index (κ2) is 6.57. The summed E-state index contributed by atoms with van der Waals surface area (Å²) in [5.74, 6) is 0. The van der Waals surface area contributed by atoms with Crippen LogP contribution in [0.3, 0.4) is 0 Å². The Labute approximate surface area is 63.9 Å². The van der Waals surface area contributed by atoms with E-state index in [1.54, 1.807) is 0 Å². The average molecular weight is 113 g/mol. The van der Waals surface area contributed by atoms with Gasteiger partial charge in [0.25, 0.3) is 0 Å². The summed E-state index contributed by atoms with van der Waals surface area (Å²) < 4.78 is 0. The van der Waals surface area contributed by atoms with Crippen LogP contribution < -0.4 is 0 Å². The predicted octanol–water partition coefficient (Wildman–Crippen LogP) is -3.37. The Balaban J connectivity index is 2.75. The highest BCUT2D eigenvalue weighted by Crippen LogP contribution is 1.71. The van der Waals surface area contributed by atoms with Gasteiger partial charge in [0.15, 0.2) is 0 Å². The van der Waals surface area contributed by atoms with Crippen molar-refractivity contribution in [3.63, 3.8) is 0 Å². The topological polar surface area (TPSA) is 0 Å². The van der Waals surface area contributed by atoms with Crippen LogP contribution in [-0.4, -0.2) is 49.6 Å². The summed E-state index contributed by atoms with van der Waals surface area (Å²) in [5, 5.41) is 0. The molecule has 0 amide bonds. The van der Waals surface area contributed by atoms with Gasteiger partial charge in [-0.1, -0.05) is 13.6 Å². The van der Waals surface area contributed by atoms with Crippen LogP contribution in [0.2, 0.25) is 13.6 Å². The molecule has 0 heterocycles. The van der Waals surface area contributed by atoms with E-state index < -0.39 is 0 Å². The monoisotopic (exact) mass is 114 g/mol. The normalized spacial score (nSPS) is 7.33. The third kappa shape index (κ3) is 8.45. The van der Waals surface area contributed by atoms with Crippen molar-refractivity contribution >= 4 is 49.6 Å². The first-order valence-corrected chi connectivity index (χ1v) is 4.27. The van der Waals surface area contributed by atoms with Crippen molar-refractivity contribution in [2.45, 2.75) is 13.6 Å². The van der Waals surface area contributed by atoms with E-state index in [0.29, 0.717) is 0 Å². The lowest BCUT2D eigenvalue weighted by atomic mass is 8.92. The molecule has 0 N–H and O–H groups in total. The SMILES string of the molecule is BBBBBBB(C)C. The van der Waals surface area contributed by atoms with Crippen LogP contribution in [0.1, 0.15) is 0 Å². The van der Waals surface area contributed by atoms with Gasteiger partial charge in [-0.05, 0) is 0 Å². The third-order valence-electron chi connectivity index (χ3n) is 1.64. The molecule has 42 valence electrons. The predicted molar refractivity (Wildman–Crippen MR) is 61.8 cm³/mol. The lowest BCUT2D eigenvalue weighted by Crippen LogP contribution is -2.29. The van der Waals surface area contributed by atoms with Gasteiger partial charge in [0, 0.05) is 28.2 Å². The summed E-state index contributed by atoms with van der Waals surface area (Å²) in [6.07, 6.45) is 0. The largest absolute Gasteiger partial charge is 0.0933 e. The van der Waals surface area contributed by atoms with Crippen LogP contribution in [0.15, 0.2) is 0 Å². The van der Waals surface area contributed by atoms with Crippen molar-refractivity contribution in [2.24, 2.45) is 0 Å². The molecule has 0 atom stereocenters. The minimum atomic E-state index is 0.904. The fourth-order valence-electron chi connectivity index (χ4n) is 0.979. The van der Waals surface area contributed by atoms with Gasteiger partial charge in [0.05, 0.1) is 21.4 Å². The van der Waals surface area contributed by atoms with Gasteiger partial charge >= 0.3 is 0 Å². The quantitative estimate of drug-likeness (QED) is 0.258. The van der Waals surface area contributed by atoms with Crippen molar-refractivity contribution in [3.8, 4) is 0 Å². The zero-order valence-electron chi connectivity index (χ0n) is 7.11. The molecule has 0 rings (SSSR count). The molecule has 0 saturated heterocycles. The minimum Gasteiger partial charge on any atom is -0.0933 e. The van der Waals surface area contributed by atoms with E-state index in [1.807, 2.05) is 0 Å². The lowest BCUT2D eigenvalue weighted by molar-refractivity contribution is 2.10. The fraction of sp³-hybridized carbons (Fsp3) is 1.00. The van der Waals surface area contributed by atoms with Gasteiger partial charge in [-0.3, -0.25) is 0 Å². The van der Waals surface area contributed by atoms with E-state index >= 15 is 0 Å². The Morgan fingerprint density at radius 2 is 1.78 bits per heavy atom. The van der Waals surface area contributed by atoms with Crippen LogP contribution >= 0.6 is 0 Å². The molecule has 9 heavy (non-hydrogen) atoms. The second-order valence-corrected chi connectivity index (χ2v) is 3.24. The van der Waals surface area contributed by atoms with Gasteiger partial charge in [-0.25, -0.2) is 0 Å². The van der Waals surface area contributed by atoms with Crippen LogP contribution in [0.5, 0.6) is 0 Å². The molecule has 0 bridgehead atoms. The standard InChI is InChI=1S/C2H13B7/c1-9(2)8-7-6-5-4-3/h4-8H,3H2,1-2H3. The molecule has 0 radical (unpaired) electrons. The van der Waals surface area contributed by atoms with Gasteiger partial charge in [-0.15, -0.1) is 0 Å². The molecule has 0 aromatic carbocycles. The summed E-state index contributed by atoms with van der Waals surface area (Å²) >= 11 is 0. The van der Waals surface area contributed by atoms with E-state index in [0.717, 1.165) is 6.60 Å².